The van der Waals surface area contributed by atoms with E-state index in [1.165, 1.54) is 0 Å². The number of rotatable bonds is 6. The second kappa shape index (κ2) is 5.46. The average molecular weight is 413 g/mol. The van der Waals surface area contributed by atoms with Crippen LogP contribution in [0.1, 0.15) is 0 Å². The van der Waals surface area contributed by atoms with Crippen molar-refractivity contribution < 1.29 is 75.8 Å². The van der Waals surface area contributed by atoms with Gasteiger partial charge in [-0.1, -0.05) is 0 Å². The molecule has 0 atom stereocenters. The molecule has 0 rings (SSSR count). The lowest BCUT2D eigenvalue weighted by Crippen LogP contribution is -2.73. The zero-order chi connectivity index (χ0) is 21.1. The molecule has 0 saturated heterocycles. The third-order valence-corrected chi connectivity index (χ3v) is 2.58. The van der Waals surface area contributed by atoms with Gasteiger partial charge in [-0.05, 0) is 0 Å². The van der Waals surface area contributed by atoms with Gasteiger partial charge in [0.2, 0.25) is 0 Å². The Morgan fingerprint density at radius 3 is 0.920 bits per heavy atom. The Morgan fingerprint density at radius 2 is 0.680 bits per heavy atom. The second-order valence-electron chi connectivity index (χ2n) is 4.23. The highest BCUT2D eigenvalue weighted by molar-refractivity contribution is 5.76. The Morgan fingerprint density at radius 1 is 0.440 bits per heavy atom. The zero-order valence-corrected chi connectivity index (χ0v) is 10.5. The molecular weight excluding hydrogens is 413 g/mol. The minimum absolute atomic E-state index is 4.53. The molecule has 0 N–H and O–H groups in total. The molecule has 17 heteroatoms. The van der Waals surface area contributed by atoms with E-state index in [4.69, 9.17) is 0 Å². The Balaban J connectivity index is 6.55. The lowest BCUT2D eigenvalue weighted by atomic mass is 9.91. The molecule has 0 aliphatic rings. The molecule has 1 radical (unpaired) electrons. The van der Waals surface area contributed by atoms with Crippen LogP contribution in [0.4, 0.5) is 65.9 Å². The van der Waals surface area contributed by atoms with Gasteiger partial charge in [-0.15, -0.1) is 0 Å². The first-order valence-corrected chi connectivity index (χ1v) is 4.99. The van der Waals surface area contributed by atoms with Gasteiger partial charge in [-0.3, -0.25) is 0 Å². The molecule has 25 heavy (non-hydrogen) atoms. The Kier molecular flexibility index (Phi) is 5.11. The molecule has 0 aliphatic carbocycles. The maximum absolute atomic E-state index is 12.8. The number of hydrogen-bond acceptors (Lipinski definition) is 1. The summed E-state index contributed by atoms with van der Waals surface area (Å²) < 4.78 is 186. The number of hydrogen-bond donors (Lipinski definition) is 0. The normalized spacial score (nSPS) is 16.1. The van der Waals surface area contributed by atoms with Crippen molar-refractivity contribution >= 4 is 5.97 Å². The third kappa shape index (κ3) is 2.74. The van der Waals surface area contributed by atoms with Crippen LogP contribution in [0.15, 0.2) is 0 Å². The molecule has 0 spiro atoms. The van der Waals surface area contributed by atoms with Crippen LogP contribution in [-0.4, -0.2) is 47.7 Å². The van der Waals surface area contributed by atoms with Crippen LogP contribution < -0.4 is 0 Å². The van der Waals surface area contributed by atoms with E-state index in [-0.39, 0.29) is 0 Å². The molecule has 0 aromatic rings. The smallest absolute Gasteiger partial charge is 0.240 e. The van der Waals surface area contributed by atoms with Crippen LogP contribution in [0.2, 0.25) is 0 Å². The summed E-state index contributed by atoms with van der Waals surface area (Å²) in [5.41, 5.74) is 0. The lowest BCUT2D eigenvalue weighted by Gasteiger charge is -2.40. The van der Waals surface area contributed by atoms with E-state index >= 15 is 0 Å². The van der Waals surface area contributed by atoms with E-state index < -0.39 is 47.7 Å². The van der Waals surface area contributed by atoms with E-state index in [2.05, 4.69) is 0 Å². The molecule has 0 aromatic carbocycles. The molecule has 0 amide bonds. The van der Waals surface area contributed by atoms with Gasteiger partial charge in [0, 0.05) is 0 Å². The highest BCUT2D eigenvalue weighted by Gasteiger charge is 2.94. The number of carbonyl (C=O) groups is 1. The van der Waals surface area contributed by atoms with Gasteiger partial charge >= 0.3 is 47.7 Å². The SMILES string of the molecule is [O]C(=O)C(F)(F)C(F)(F)C(F)(F)C(F)(F)C(F)(F)C(F)(F)C(F)(F)F. The topological polar surface area (TPSA) is 37.0 Å². The van der Waals surface area contributed by atoms with Crippen molar-refractivity contribution in [2.75, 3.05) is 0 Å². The minimum atomic E-state index is -8.50. The maximum Gasteiger partial charge on any atom is 0.460 e. The van der Waals surface area contributed by atoms with Crippen LogP contribution in [0, 0.1) is 0 Å². The average Bonchev–Trinajstić information content (AvgIpc) is 2.35. The molecule has 0 unspecified atom stereocenters. The summed E-state index contributed by atoms with van der Waals surface area (Å²) in [6.07, 6.45) is -7.71. The van der Waals surface area contributed by atoms with E-state index in [1.807, 2.05) is 0 Å². The van der Waals surface area contributed by atoms with E-state index in [9.17, 15) is 75.8 Å². The number of halogens is 15. The van der Waals surface area contributed by atoms with Crippen molar-refractivity contribution in [2.24, 2.45) is 0 Å². The van der Waals surface area contributed by atoms with Gasteiger partial charge in [0.05, 0.1) is 0 Å². The zero-order valence-electron chi connectivity index (χ0n) is 10.5. The third-order valence-electron chi connectivity index (χ3n) is 2.58. The monoisotopic (exact) mass is 413 g/mol. The van der Waals surface area contributed by atoms with Gasteiger partial charge in [0.15, 0.2) is 0 Å². The number of alkyl halides is 15. The summed E-state index contributed by atoms with van der Waals surface area (Å²) in [6.45, 7) is 0. The first-order chi connectivity index (χ1) is 10.4. The molecule has 2 nitrogen and oxygen atoms in total. The molecule has 0 aliphatic heterocycles. The van der Waals surface area contributed by atoms with Crippen molar-refractivity contribution in [3.8, 4) is 0 Å². The first kappa shape index (κ1) is 23.4. The molecule has 0 saturated carbocycles. The highest BCUT2D eigenvalue weighted by atomic mass is 19.4. The summed E-state index contributed by atoms with van der Waals surface area (Å²) in [6, 6.07) is 0. The van der Waals surface area contributed by atoms with E-state index in [0.29, 0.717) is 0 Å². The van der Waals surface area contributed by atoms with Crippen molar-refractivity contribution in [2.45, 2.75) is 41.7 Å². The fraction of sp³-hybridized carbons (Fsp3) is 0.875. The largest absolute Gasteiger partial charge is 0.460 e. The Labute approximate surface area is 125 Å². The molecular formula is C8F15O2. The van der Waals surface area contributed by atoms with Crippen LogP contribution in [-0.2, 0) is 9.90 Å². The summed E-state index contributed by atoms with van der Waals surface area (Å²) in [4.78, 5) is 9.61. The van der Waals surface area contributed by atoms with Crippen LogP contribution in [0.3, 0.4) is 0 Å². The molecule has 0 fully saturated rings. The van der Waals surface area contributed by atoms with Crippen LogP contribution in [0.25, 0.3) is 0 Å². The van der Waals surface area contributed by atoms with Crippen molar-refractivity contribution in [3.63, 3.8) is 0 Å². The van der Waals surface area contributed by atoms with Gasteiger partial charge < -0.3 is 0 Å². The van der Waals surface area contributed by atoms with E-state index in [1.54, 1.807) is 0 Å². The van der Waals surface area contributed by atoms with Crippen molar-refractivity contribution in [1.82, 2.24) is 0 Å². The summed E-state index contributed by atoms with van der Waals surface area (Å²) in [5.74, 6) is -53.3. The number of carbonyl (C=O) groups excluding carboxylic acids is 1. The Hall–Kier alpha value is -1.58. The van der Waals surface area contributed by atoms with Crippen LogP contribution >= 0.6 is 0 Å². The summed E-state index contributed by atoms with van der Waals surface area (Å²) >= 11 is 0. The minimum Gasteiger partial charge on any atom is -0.240 e. The van der Waals surface area contributed by atoms with Gasteiger partial charge in [-0.2, -0.15) is 65.9 Å². The standard InChI is InChI=1S/C8F15O2/c9-2(10,1(24)25)3(11,12)4(13,14)5(15,16)6(17,18)7(19,20)8(21,22)23. The maximum atomic E-state index is 12.8. The second-order valence-corrected chi connectivity index (χ2v) is 4.23. The predicted octanol–water partition coefficient (Wildman–Crippen LogP) is 4.32. The molecule has 0 bridgehead atoms. The quantitative estimate of drug-likeness (QED) is 0.598. The van der Waals surface area contributed by atoms with Gasteiger partial charge in [0.1, 0.15) is 0 Å². The van der Waals surface area contributed by atoms with Gasteiger partial charge in [-0.25, -0.2) is 9.90 Å². The summed E-state index contributed by atoms with van der Waals surface area (Å²) in [7, 11) is 0. The predicted molar refractivity (Wildman–Crippen MR) is 41.4 cm³/mol. The summed E-state index contributed by atoms with van der Waals surface area (Å²) in [5, 5.41) is 9.61. The fourth-order valence-corrected chi connectivity index (χ4v) is 1.09. The molecule has 0 aromatic heterocycles. The fourth-order valence-electron chi connectivity index (χ4n) is 1.09. The van der Waals surface area contributed by atoms with Crippen molar-refractivity contribution in [3.05, 3.63) is 0 Å². The van der Waals surface area contributed by atoms with Crippen molar-refractivity contribution in [1.29, 1.82) is 0 Å². The van der Waals surface area contributed by atoms with E-state index in [0.717, 1.165) is 0 Å². The first-order valence-electron chi connectivity index (χ1n) is 4.99. The van der Waals surface area contributed by atoms with Crippen LogP contribution in [0.5, 0.6) is 0 Å². The Bertz CT molecular complexity index is 530. The van der Waals surface area contributed by atoms with Gasteiger partial charge in [0.25, 0.3) is 0 Å². The highest BCUT2D eigenvalue weighted by Crippen LogP contribution is 2.62. The molecule has 0 heterocycles. The lowest BCUT2D eigenvalue weighted by molar-refractivity contribution is -0.450. The molecule has 149 valence electrons.